The second-order valence-corrected chi connectivity index (χ2v) is 4.41. The number of nitrogens with zero attached hydrogens (tertiary/aromatic N) is 1. The summed E-state index contributed by atoms with van der Waals surface area (Å²) < 4.78 is 45.1. The fourth-order valence-electron chi connectivity index (χ4n) is 1.70. The van der Waals surface area contributed by atoms with Crippen LogP contribution in [-0.2, 0) is 0 Å². The van der Waals surface area contributed by atoms with Gasteiger partial charge in [0.2, 0.25) is 5.82 Å². The number of anilines is 2. The van der Waals surface area contributed by atoms with E-state index in [0.29, 0.717) is 0 Å². The summed E-state index contributed by atoms with van der Waals surface area (Å²) in [7, 11) is 0. The Labute approximate surface area is 116 Å². The number of rotatable bonds is 2. The monoisotopic (exact) mass is 298 g/mol. The SMILES string of the molecule is Fc1cc(Cl)ccc1Nc1nc2ccc(F)c(F)c2o1. The van der Waals surface area contributed by atoms with Gasteiger partial charge in [-0.2, -0.15) is 9.37 Å². The van der Waals surface area contributed by atoms with Gasteiger partial charge in [-0.05, 0) is 30.3 Å². The fourth-order valence-corrected chi connectivity index (χ4v) is 1.85. The summed E-state index contributed by atoms with van der Waals surface area (Å²) in [4.78, 5) is 3.89. The van der Waals surface area contributed by atoms with Gasteiger partial charge in [0.1, 0.15) is 11.3 Å². The summed E-state index contributed by atoms with van der Waals surface area (Å²) >= 11 is 5.62. The minimum absolute atomic E-state index is 0.0573. The van der Waals surface area contributed by atoms with Crippen molar-refractivity contribution >= 4 is 34.4 Å². The van der Waals surface area contributed by atoms with E-state index in [1.54, 1.807) is 0 Å². The minimum atomic E-state index is -1.14. The maximum Gasteiger partial charge on any atom is 0.300 e. The predicted molar refractivity (Wildman–Crippen MR) is 68.6 cm³/mol. The molecule has 0 spiro atoms. The first-order valence-electron chi connectivity index (χ1n) is 5.51. The van der Waals surface area contributed by atoms with Crippen LogP contribution in [0.1, 0.15) is 0 Å². The molecule has 0 atom stereocenters. The molecular formula is C13H6ClF3N2O. The fraction of sp³-hybridized carbons (Fsp3) is 0. The molecule has 20 heavy (non-hydrogen) atoms. The Hall–Kier alpha value is -2.21. The second-order valence-electron chi connectivity index (χ2n) is 3.98. The Morgan fingerprint density at radius 3 is 2.60 bits per heavy atom. The summed E-state index contributed by atoms with van der Waals surface area (Å²) in [5, 5.41) is 2.77. The van der Waals surface area contributed by atoms with Crippen LogP contribution in [0.4, 0.5) is 24.9 Å². The van der Waals surface area contributed by atoms with E-state index in [1.807, 2.05) is 0 Å². The van der Waals surface area contributed by atoms with E-state index in [1.165, 1.54) is 18.2 Å². The Kier molecular flexibility index (Phi) is 3.02. The van der Waals surface area contributed by atoms with Crippen molar-refractivity contribution in [2.45, 2.75) is 0 Å². The molecule has 1 aromatic heterocycles. The Balaban J connectivity index is 2.01. The van der Waals surface area contributed by atoms with E-state index < -0.39 is 17.5 Å². The first-order chi connectivity index (χ1) is 9.54. The lowest BCUT2D eigenvalue weighted by Gasteiger charge is -2.02. The van der Waals surface area contributed by atoms with Crippen LogP contribution in [0.15, 0.2) is 34.7 Å². The highest BCUT2D eigenvalue weighted by Crippen LogP contribution is 2.27. The van der Waals surface area contributed by atoms with Gasteiger partial charge in [0.25, 0.3) is 6.01 Å². The van der Waals surface area contributed by atoms with Crippen LogP contribution < -0.4 is 5.32 Å². The average Bonchev–Trinajstić information content (AvgIpc) is 2.81. The van der Waals surface area contributed by atoms with Crippen LogP contribution in [0.25, 0.3) is 11.1 Å². The van der Waals surface area contributed by atoms with Crippen molar-refractivity contribution in [2.24, 2.45) is 0 Å². The standard InChI is InChI=1S/C13H6ClF3N2O/c14-6-1-3-9(8(16)5-6)18-13-19-10-4-2-7(15)11(17)12(10)20-13/h1-5H,(H,18,19). The van der Waals surface area contributed by atoms with E-state index in [2.05, 4.69) is 10.3 Å². The average molecular weight is 299 g/mol. The molecule has 102 valence electrons. The number of nitrogens with one attached hydrogen (secondary N) is 1. The molecule has 0 unspecified atom stereocenters. The Morgan fingerprint density at radius 1 is 1.05 bits per heavy atom. The van der Waals surface area contributed by atoms with Crippen LogP contribution in [0, 0.1) is 17.5 Å². The van der Waals surface area contributed by atoms with Crippen molar-refractivity contribution in [1.82, 2.24) is 4.98 Å². The van der Waals surface area contributed by atoms with Gasteiger partial charge < -0.3 is 9.73 Å². The van der Waals surface area contributed by atoms with Crippen molar-refractivity contribution in [1.29, 1.82) is 0 Å². The Bertz CT molecular complexity index is 804. The zero-order valence-electron chi connectivity index (χ0n) is 9.75. The van der Waals surface area contributed by atoms with Crippen molar-refractivity contribution in [3.63, 3.8) is 0 Å². The van der Waals surface area contributed by atoms with E-state index in [9.17, 15) is 13.2 Å². The van der Waals surface area contributed by atoms with Crippen LogP contribution >= 0.6 is 11.6 Å². The van der Waals surface area contributed by atoms with Gasteiger partial charge in [0.15, 0.2) is 11.4 Å². The van der Waals surface area contributed by atoms with Gasteiger partial charge in [-0.25, -0.2) is 8.78 Å². The number of oxazole rings is 1. The van der Waals surface area contributed by atoms with Gasteiger partial charge >= 0.3 is 0 Å². The number of aromatic nitrogens is 1. The van der Waals surface area contributed by atoms with E-state index in [-0.39, 0.29) is 27.8 Å². The topological polar surface area (TPSA) is 38.1 Å². The molecule has 3 aromatic rings. The quantitative estimate of drug-likeness (QED) is 0.749. The molecule has 0 amide bonds. The van der Waals surface area contributed by atoms with Crippen molar-refractivity contribution in [3.05, 3.63) is 52.8 Å². The molecule has 0 saturated carbocycles. The van der Waals surface area contributed by atoms with E-state index in [4.69, 9.17) is 16.0 Å². The molecule has 0 aliphatic rings. The first-order valence-corrected chi connectivity index (χ1v) is 5.89. The number of halogens is 4. The highest BCUT2D eigenvalue weighted by Gasteiger charge is 2.15. The summed E-state index contributed by atoms with van der Waals surface area (Å²) in [6, 6.07) is 6.00. The third-order valence-electron chi connectivity index (χ3n) is 2.62. The van der Waals surface area contributed by atoms with Crippen molar-refractivity contribution in [2.75, 3.05) is 5.32 Å². The number of fused-ring (bicyclic) bond motifs is 1. The third kappa shape index (κ3) is 2.18. The molecule has 2 aromatic carbocycles. The van der Waals surface area contributed by atoms with E-state index in [0.717, 1.165) is 12.1 Å². The highest BCUT2D eigenvalue weighted by molar-refractivity contribution is 6.30. The van der Waals surface area contributed by atoms with Crippen LogP contribution in [0.3, 0.4) is 0 Å². The normalized spacial score (nSPS) is 11.0. The van der Waals surface area contributed by atoms with Gasteiger partial charge in [-0.1, -0.05) is 11.6 Å². The summed E-state index contributed by atoms with van der Waals surface area (Å²) in [6.45, 7) is 0. The van der Waals surface area contributed by atoms with E-state index >= 15 is 0 Å². The summed E-state index contributed by atoms with van der Waals surface area (Å²) in [6.07, 6.45) is 0. The second kappa shape index (κ2) is 4.72. The molecule has 0 aliphatic heterocycles. The van der Waals surface area contributed by atoms with Crippen LogP contribution in [-0.4, -0.2) is 4.98 Å². The highest BCUT2D eigenvalue weighted by atomic mass is 35.5. The summed E-state index contributed by atoms with van der Waals surface area (Å²) in [5.74, 6) is -2.80. The molecule has 3 rings (SSSR count). The molecule has 0 fully saturated rings. The summed E-state index contributed by atoms with van der Waals surface area (Å²) in [5.41, 5.74) is -0.149. The molecule has 3 nitrogen and oxygen atoms in total. The van der Waals surface area contributed by atoms with Crippen molar-refractivity contribution in [3.8, 4) is 0 Å². The molecule has 0 bridgehead atoms. The molecule has 1 N–H and O–H groups in total. The maximum atomic E-state index is 13.6. The molecular weight excluding hydrogens is 293 g/mol. The number of hydrogen-bond donors (Lipinski definition) is 1. The first kappa shape index (κ1) is 12.8. The predicted octanol–water partition coefficient (Wildman–Crippen LogP) is 4.64. The molecule has 0 aliphatic carbocycles. The van der Waals surface area contributed by atoms with Gasteiger partial charge in [-0.15, -0.1) is 0 Å². The number of hydrogen-bond acceptors (Lipinski definition) is 3. The lowest BCUT2D eigenvalue weighted by molar-refractivity contribution is 0.494. The lowest BCUT2D eigenvalue weighted by Crippen LogP contribution is -1.93. The zero-order valence-corrected chi connectivity index (χ0v) is 10.5. The van der Waals surface area contributed by atoms with Crippen LogP contribution in [0.5, 0.6) is 0 Å². The zero-order chi connectivity index (χ0) is 14.3. The van der Waals surface area contributed by atoms with Gasteiger partial charge in [0.05, 0.1) is 5.69 Å². The molecule has 7 heteroatoms. The van der Waals surface area contributed by atoms with Crippen molar-refractivity contribution < 1.29 is 17.6 Å². The smallest absolute Gasteiger partial charge is 0.300 e. The third-order valence-corrected chi connectivity index (χ3v) is 2.86. The largest absolute Gasteiger partial charge is 0.420 e. The molecule has 0 saturated heterocycles. The number of benzene rings is 2. The van der Waals surface area contributed by atoms with Gasteiger partial charge in [-0.3, -0.25) is 0 Å². The minimum Gasteiger partial charge on any atom is -0.420 e. The Morgan fingerprint density at radius 2 is 1.85 bits per heavy atom. The molecule has 1 heterocycles. The van der Waals surface area contributed by atoms with Crippen LogP contribution in [0.2, 0.25) is 5.02 Å². The lowest BCUT2D eigenvalue weighted by atomic mass is 10.3. The van der Waals surface area contributed by atoms with Gasteiger partial charge in [0, 0.05) is 5.02 Å². The maximum absolute atomic E-state index is 13.6. The molecule has 0 radical (unpaired) electrons.